The first-order valence-corrected chi connectivity index (χ1v) is 31.4. The van der Waals surface area contributed by atoms with E-state index in [1.54, 1.807) is 0 Å². The highest BCUT2D eigenvalue weighted by molar-refractivity contribution is 5.71. The molecule has 0 aliphatic rings. The summed E-state index contributed by atoms with van der Waals surface area (Å²) in [6.45, 7) is 6.35. The summed E-state index contributed by atoms with van der Waals surface area (Å²) in [5.41, 5.74) is 0. The van der Waals surface area contributed by atoms with Gasteiger partial charge in [0.05, 0.1) is 0 Å². The minimum absolute atomic E-state index is 0.103. The van der Waals surface area contributed by atoms with E-state index in [0.717, 1.165) is 96.3 Å². The van der Waals surface area contributed by atoms with E-state index in [2.05, 4.69) is 124 Å². The van der Waals surface area contributed by atoms with Gasteiger partial charge in [-0.3, -0.25) is 14.4 Å². The van der Waals surface area contributed by atoms with Crippen LogP contribution < -0.4 is 0 Å². The van der Waals surface area contributed by atoms with Crippen LogP contribution >= 0.6 is 0 Å². The van der Waals surface area contributed by atoms with Crippen molar-refractivity contribution in [3.8, 4) is 0 Å². The molecule has 0 amide bonds. The zero-order valence-corrected chi connectivity index (χ0v) is 49.0. The van der Waals surface area contributed by atoms with E-state index in [1.807, 2.05) is 6.08 Å². The van der Waals surface area contributed by atoms with Crippen molar-refractivity contribution in [2.45, 2.75) is 297 Å². The van der Waals surface area contributed by atoms with Gasteiger partial charge in [0.2, 0.25) is 0 Å². The van der Waals surface area contributed by atoms with Gasteiger partial charge in [0, 0.05) is 19.3 Å². The van der Waals surface area contributed by atoms with Crippen LogP contribution in [0.3, 0.4) is 0 Å². The molecule has 0 radical (unpaired) electrons. The van der Waals surface area contributed by atoms with Crippen LogP contribution in [0.5, 0.6) is 0 Å². The molecule has 1 atom stereocenters. The van der Waals surface area contributed by atoms with Crippen molar-refractivity contribution >= 4 is 17.9 Å². The predicted octanol–water partition coefficient (Wildman–Crippen LogP) is 21.4. The molecule has 6 heteroatoms. The van der Waals surface area contributed by atoms with Gasteiger partial charge in [0.15, 0.2) is 6.10 Å². The van der Waals surface area contributed by atoms with Crippen LogP contribution in [0, 0.1) is 0 Å². The quantitative estimate of drug-likeness (QED) is 0.0261. The zero-order chi connectivity index (χ0) is 54.3. The number of carbonyl (C=O) groups is 3. The van der Waals surface area contributed by atoms with Gasteiger partial charge in [-0.05, 0) is 89.9 Å². The van der Waals surface area contributed by atoms with Crippen LogP contribution in [-0.2, 0) is 28.6 Å². The monoisotopic (exact) mass is 1040 g/mol. The van der Waals surface area contributed by atoms with Crippen molar-refractivity contribution in [2.24, 2.45) is 0 Å². The van der Waals surface area contributed by atoms with Crippen molar-refractivity contribution in [3.05, 3.63) is 109 Å². The molecule has 0 aliphatic carbocycles. The fourth-order valence-corrected chi connectivity index (χ4v) is 8.66. The minimum atomic E-state index is -0.813. The second kappa shape index (κ2) is 62.6. The van der Waals surface area contributed by atoms with E-state index >= 15 is 0 Å². The van der Waals surface area contributed by atoms with Gasteiger partial charge >= 0.3 is 17.9 Å². The van der Waals surface area contributed by atoms with E-state index in [-0.39, 0.29) is 37.5 Å². The molecule has 0 aromatic rings. The Morgan fingerprint density at radius 2 is 0.547 bits per heavy atom. The first-order valence-electron chi connectivity index (χ1n) is 31.4. The summed E-state index contributed by atoms with van der Waals surface area (Å²) in [4.78, 5) is 38.1. The van der Waals surface area contributed by atoms with Crippen molar-refractivity contribution in [1.82, 2.24) is 0 Å². The average Bonchev–Trinajstić information content (AvgIpc) is 3.41. The molecular weight excluding hydrogens is 925 g/mol. The molecule has 0 fully saturated rings. The Morgan fingerprint density at radius 1 is 0.280 bits per heavy atom. The van der Waals surface area contributed by atoms with Crippen LogP contribution in [0.2, 0.25) is 0 Å². The smallest absolute Gasteiger partial charge is 0.306 e. The number of unbranched alkanes of at least 4 members (excludes halogenated alkanes) is 27. The topological polar surface area (TPSA) is 78.9 Å². The Balaban J connectivity index is 4.13. The Bertz CT molecular complexity index is 1520. The van der Waals surface area contributed by atoms with Crippen LogP contribution in [0.1, 0.15) is 290 Å². The largest absolute Gasteiger partial charge is 0.462 e. The number of ether oxygens (including phenoxy) is 3. The molecule has 0 N–H and O–H groups in total. The van der Waals surface area contributed by atoms with E-state index in [0.29, 0.717) is 19.3 Å². The zero-order valence-electron chi connectivity index (χ0n) is 49.0. The third-order valence-electron chi connectivity index (χ3n) is 13.3. The maximum Gasteiger partial charge on any atom is 0.306 e. The Labute approximate surface area is 463 Å². The molecule has 428 valence electrons. The van der Waals surface area contributed by atoms with Gasteiger partial charge < -0.3 is 14.2 Å². The molecule has 6 nitrogen and oxygen atoms in total. The summed E-state index contributed by atoms with van der Waals surface area (Å²) in [7, 11) is 0. The summed E-state index contributed by atoms with van der Waals surface area (Å²) >= 11 is 0. The van der Waals surface area contributed by atoms with E-state index in [9.17, 15) is 14.4 Å². The molecule has 0 spiro atoms. The second-order valence-electron chi connectivity index (χ2n) is 20.6. The molecule has 0 bridgehead atoms. The summed E-state index contributed by atoms with van der Waals surface area (Å²) in [5.74, 6) is -0.980. The summed E-state index contributed by atoms with van der Waals surface area (Å²) in [6.07, 6.45) is 85.6. The van der Waals surface area contributed by atoms with Crippen molar-refractivity contribution in [1.29, 1.82) is 0 Å². The molecule has 0 rings (SSSR count). The third kappa shape index (κ3) is 60.8. The molecule has 1 unspecified atom stereocenters. The van der Waals surface area contributed by atoms with Gasteiger partial charge in [-0.2, -0.15) is 0 Å². The highest BCUT2D eigenvalue weighted by Gasteiger charge is 2.19. The summed E-state index contributed by atoms with van der Waals surface area (Å²) in [5, 5.41) is 0. The highest BCUT2D eigenvalue weighted by atomic mass is 16.6. The van der Waals surface area contributed by atoms with Crippen molar-refractivity contribution < 1.29 is 28.6 Å². The van der Waals surface area contributed by atoms with Gasteiger partial charge in [-0.1, -0.05) is 291 Å². The van der Waals surface area contributed by atoms with Crippen LogP contribution in [0.4, 0.5) is 0 Å². The third-order valence-corrected chi connectivity index (χ3v) is 13.3. The van der Waals surface area contributed by atoms with E-state index in [4.69, 9.17) is 14.2 Å². The molecule has 0 heterocycles. The lowest BCUT2D eigenvalue weighted by Crippen LogP contribution is -2.30. The molecule has 0 aromatic heterocycles. The van der Waals surface area contributed by atoms with Gasteiger partial charge in [-0.15, -0.1) is 0 Å². The Hall–Kier alpha value is -3.93. The molecule has 0 aliphatic heterocycles. The number of carbonyl (C=O) groups excluding carboxylic acids is 3. The molecule has 0 saturated heterocycles. The number of hydrogen-bond donors (Lipinski definition) is 0. The number of allylic oxidation sites excluding steroid dienone is 18. The number of rotatable bonds is 56. The maximum atomic E-state index is 12.8. The first kappa shape index (κ1) is 71.1. The van der Waals surface area contributed by atoms with Crippen molar-refractivity contribution in [3.63, 3.8) is 0 Å². The Kier molecular flexibility index (Phi) is 59.3. The standard InChI is InChI=1S/C69H116O6/c1-4-7-10-13-16-19-22-24-25-26-27-28-29-30-31-32-33-34-35-36-37-38-39-40-41-42-43-45-47-50-53-56-59-62-68(71)74-65-66(64-73-67(70)61-58-55-52-49-46-21-18-15-12-9-6-3)75-69(72)63-60-57-54-51-48-44-23-20-17-14-11-8-5-2/h7-8,10-11,16-17,19-20,24-25,27-28,30-31,44,48,54,57,66H,4-6,9,12-15,18,21-23,26,29,32-43,45-47,49-53,55-56,58-65H2,1-3H3/b10-7-,11-8-,19-16-,20-17-,25-24-,28-27-,31-30-,48-44-,57-54-. The summed E-state index contributed by atoms with van der Waals surface area (Å²) < 4.78 is 16.8. The molecule has 0 aromatic carbocycles. The van der Waals surface area contributed by atoms with Crippen LogP contribution in [-0.4, -0.2) is 37.2 Å². The van der Waals surface area contributed by atoms with E-state index < -0.39 is 6.10 Å². The summed E-state index contributed by atoms with van der Waals surface area (Å²) in [6, 6.07) is 0. The average molecular weight is 1040 g/mol. The fourth-order valence-electron chi connectivity index (χ4n) is 8.66. The lowest BCUT2D eigenvalue weighted by atomic mass is 10.0. The fraction of sp³-hybridized carbons (Fsp3) is 0.696. The minimum Gasteiger partial charge on any atom is -0.462 e. The number of esters is 3. The normalized spacial score (nSPS) is 12.8. The molecule has 0 saturated carbocycles. The van der Waals surface area contributed by atoms with Gasteiger partial charge in [-0.25, -0.2) is 0 Å². The number of hydrogen-bond acceptors (Lipinski definition) is 6. The van der Waals surface area contributed by atoms with Crippen LogP contribution in [0.15, 0.2) is 109 Å². The predicted molar refractivity (Wildman–Crippen MR) is 325 cm³/mol. The van der Waals surface area contributed by atoms with Crippen LogP contribution in [0.25, 0.3) is 0 Å². The lowest BCUT2D eigenvalue weighted by molar-refractivity contribution is -0.166. The SMILES string of the molecule is CC/C=C\C/C=C\C/C=C\C/C=C\C/C=C\CCCCCCCCCCCCCCCCCCCC(=O)OCC(COC(=O)CCCCCCCCCCCCC)OC(=O)CC/C=C\C/C=C\C/C=C\C/C=C\CC. The molecular formula is C69H116O6. The van der Waals surface area contributed by atoms with Gasteiger partial charge in [0.1, 0.15) is 13.2 Å². The van der Waals surface area contributed by atoms with Crippen molar-refractivity contribution in [2.75, 3.05) is 13.2 Å². The lowest BCUT2D eigenvalue weighted by Gasteiger charge is -2.18. The highest BCUT2D eigenvalue weighted by Crippen LogP contribution is 2.16. The maximum absolute atomic E-state index is 12.8. The Morgan fingerprint density at radius 3 is 0.867 bits per heavy atom. The molecule has 75 heavy (non-hydrogen) atoms. The second-order valence-corrected chi connectivity index (χ2v) is 20.6. The first-order chi connectivity index (χ1) is 37.0. The van der Waals surface area contributed by atoms with Gasteiger partial charge in [0.25, 0.3) is 0 Å². The van der Waals surface area contributed by atoms with E-state index in [1.165, 1.54) is 148 Å².